The lowest BCUT2D eigenvalue weighted by Crippen LogP contribution is -2.31. The lowest BCUT2D eigenvalue weighted by atomic mass is 10.00. The second-order valence-electron chi connectivity index (χ2n) is 8.55. The maximum Gasteiger partial charge on any atom is 0.282 e. The summed E-state index contributed by atoms with van der Waals surface area (Å²) >= 11 is 0. The standard InChI is InChI=1S/C25H23N3O5S/c1-34(32,33)27-25(31)23-22(18-9-5-11-26-24(18)30)19-12-15-7-4-8-16(15)13-20(19)28(23)14-17-6-2-3-10-21(17)29/h2-3,5-6,9-13,29H,4,7-8,14H2,1H3,(H,26,30)(H,27,31). The number of para-hydroxylation sites is 1. The first kappa shape index (κ1) is 22.0. The molecule has 4 aromatic rings. The maximum absolute atomic E-state index is 13.4. The third-order valence-electron chi connectivity index (χ3n) is 6.18. The van der Waals surface area contributed by atoms with Crippen molar-refractivity contribution in [2.45, 2.75) is 25.8 Å². The van der Waals surface area contributed by atoms with Crippen LogP contribution in [0.5, 0.6) is 5.75 Å². The monoisotopic (exact) mass is 477 g/mol. The van der Waals surface area contributed by atoms with Gasteiger partial charge in [-0.25, -0.2) is 13.1 Å². The van der Waals surface area contributed by atoms with Gasteiger partial charge in [-0.15, -0.1) is 0 Å². The highest BCUT2D eigenvalue weighted by Crippen LogP contribution is 2.38. The molecule has 0 atom stereocenters. The summed E-state index contributed by atoms with van der Waals surface area (Å²) < 4.78 is 27.7. The molecule has 9 heteroatoms. The van der Waals surface area contributed by atoms with Crippen LogP contribution in [0.1, 0.15) is 33.6 Å². The van der Waals surface area contributed by atoms with Gasteiger partial charge in [0, 0.05) is 33.8 Å². The number of hydrogen-bond acceptors (Lipinski definition) is 5. The van der Waals surface area contributed by atoms with E-state index < -0.39 is 21.5 Å². The van der Waals surface area contributed by atoms with Crippen molar-refractivity contribution < 1.29 is 18.3 Å². The van der Waals surface area contributed by atoms with Gasteiger partial charge in [0.05, 0.1) is 12.8 Å². The molecule has 0 radical (unpaired) electrons. The quantitative estimate of drug-likeness (QED) is 0.408. The van der Waals surface area contributed by atoms with Crippen LogP contribution in [-0.4, -0.2) is 35.2 Å². The largest absolute Gasteiger partial charge is 0.508 e. The zero-order chi connectivity index (χ0) is 24.0. The number of carbonyl (C=O) groups is 1. The van der Waals surface area contributed by atoms with Crippen LogP contribution in [0.4, 0.5) is 0 Å². The van der Waals surface area contributed by atoms with Gasteiger partial charge in [-0.05, 0) is 60.7 Å². The van der Waals surface area contributed by atoms with Gasteiger partial charge in [0.25, 0.3) is 11.5 Å². The summed E-state index contributed by atoms with van der Waals surface area (Å²) in [6, 6.07) is 14.0. The number of nitrogens with one attached hydrogen (secondary N) is 2. The molecule has 3 N–H and O–H groups in total. The van der Waals surface area contributed by atoms with E-state index in [2.05, 4.69) is 9.71 Å². The molecule has 0 saturated heterocycles. The van der Waals surface area contributed by atoms with Crippen LogP contribution in [0.3, 0.4) is 0 Å². The molecule has 2 aromatic carbocycles. The fourth-order valence-corrected chi connectivity index (χ4v) is 5.17. The van der Waals surface area contributed by atoms with Crippen LogP contribution in [0.15, 0.2) is 59.5 Å². The number of H-pyrrole nitrogens is 1. The molecule has 2 heterocycles. The first-order valence-corrected chi connectivity index (χ1v) is 12.8. The molecule has 0 aliphatic heterocycles. The topological polar surface area (TPSA) is 121 Å². The van der Waals surface area contributed by atoms with Gasteiger partial charge in [0.2, 0.25) is 10.0 Å². The van der Waals surface area contributed by atoms with Crippen molar-refractivity contribution in [2.75, 3.05) is 6.26 Å². The summed E-state index contributed by atoms with van der Waals surface area (Å²) in [5, 5.41) is 11.1. The number of aromatic nitrogens is 2. The summed E-state index contributed by atoms with van der Waals surface area (Å²) in [4.78, 5) is 28.9. The Morgan fingerprint density at radius 3 is 2.56 bits per heavy atom. The van der Waals surface area contributed by atoms with Gasteiger partial charge >= 0.3 is 0 Å². The molecular weight excluding hydrogens is 454 g/mol. The predicted molar refractivity (Wildman–Crippen MR) is 130 cm³/mol. The van der Waals surface area contributed by atoms with Crippen molar-refractivity contribution in [3.8, 4) is 16.9 Å². The Morgan fingerprint density at radius 2 is 1.85 bits per heavy atom. The highest BCUT2D eigenvalue weighted by molar-refractivity contribution is 7.89. The van der Waals surface area contributed by atoms with Crippen molar-refractivity contribution >= 4 is 26.8 Å². The number of benzene rings is 2. The first-order chi connectivity index (χ1) is 16.2. The lowest BCUT2D eigenvalue weighted by Gasteiger charge is -2.13. The Hall–Kier alpha value is -3.85. The van der Waals surface area contributed by atoms with Gasteiger partial charge < -0.3 is 14.7 Å². The van der Waals surface area contributed by atoms with E-state index in [4.69, 9.17) is 0 Å². The Morgan fingerprint density at radius 1 is 1.12 bits per heavy atom. The SMILES string of the molecule is CS(=O)(=O)NC(=O)c1c(-c2ccc[nH]c2=O)c2cc3c(cc2n1Cc1ccccc1O)CCC3. The summed E-state index contributed by atoms with van der Waals surface area (Å²) in [6.45, 7) is 0.110. The smallest absolute Gasteiger partial charge is 0.282 e. The van der Waals surface area contributed by atoms with Crippen LogP contribution in [-0.2, 0) is 29.4 Å². The molecule has 1 amide bonds. The van der Waals surface area contributed by atoms with Gasteiger partial charge in [-0.2, -0.15) is 0 Å². The molecule has 0 bridgehead atoms. The van der Waals surface area contributed by atoms with Gasteiger partial charge in [-0.1, -0.05) is 18.2 Å². The number of phenolic OH excluding ortho intramolecular Hbond substituents is 1. The molecular formula is C25H23N3O5S. The van der Waals surface area contributed by atoms with E-state index in [9.17, 15) is 23.1 Å². The number of aromatic amines is 1. The van der Waals surface area contributed by atoms with Crippen molar-refractivity contribution in [1.82, 2.24) is 14.3 Å². The molecule has 8 nitrogen and oxygen atoms in total. The van der Waals surface area contributed by atoms with E-state index in [1.807, 2.05) is 12.1 Å². The van der Waals surface area contributed by atoms with Crippen LogP contribution >= 0.6 is 0 Å². The molecule has 1 aliphatic rings. The van der Waals surface area contributed by atoms with E-state index in [0.29, 0.717) is 22.0 Å². The minimum absolute atomic E-state index is 0.0454. The average molecular weight is 478 g/mol. The summed E-state index contributed by atoms with van der Waals surface area (Å²) in [5.74, 6) is -0.786. The third kappa shape index (κ3) is 3.88. The lowest BCUT2D eigenvalue weighted by molar-refractivity contribution is 0.0974. The number of rotatable bonds is 5. The predicted octanol–water partition coefficient (Wildman–Crippen LogP) is 2.93. The van der Waals surface area contributed by atoms with E-state index in [-0.39, 0.29) is 23.6 Å². The number of amides is 1. The first-order valence-electron chi connectivity index (χ1n) is 10.9. The van der Waals surface area contributed by atoms with Crippen LogP contribution in [0, 0.1) is 0 Å². The van der Waals surface area contributed by atoms with Crippen molar-refractivity contribution in [3.63, 3.8) is 0 Å². The molecule has 0 fully saturated rings. The number of carbonyl (C=O) groups excluding carboxylic acids is 1. The number of aromatic hydroxyl groups is 1. The summed E-state index contributed by atoms with van der Waals surface area (Å²) in [6.07, 6.45) is 5.22. The maximum atomic E-state index is 13.4. The zero-order valence-corrected chi connectivity index (χ0v) is 19.3. The number of hydrogen-bond donors (Lipinski definition) is 3. The van der Waals surface area contributed by atoms with Crippen LogP contribution in [0.2, 0.25) is 0 Å². The van der Waals surface area contributed by atoms with Gasteiger partial charge in [0.1, 0.15) is 11.4 Å². The number of aryl methyl sites for hydroxylation is 2. The van der Waals surface area contributed by atoms with E-state index >= 15 is 0 Å². The minimum atomic E-state index is -3.87. The fraction of sp³-hybridized carbons (Fsp3) is 0.200. The Kier molecular flexibility index (Phi) is 5.28. The molecule has 5 rings (SSSR count). The Balaban J connectivity index is 1.88. The molecule has 0 spiro atoms. The number of nitrogens with zero attached hydrogens (tertiary/aromatic N) is 1. The van der Waals surface area contributed by atoms with Crippen molar-refractivity contribution in [1.29, 1.82) is 0 Å². The summed E-state index contributed by atoms with van der Waals surface area (Å²) in [5.41, 5.74) is 3.84. The van der Waals surface area contributed by atoms with Crippen LogP contribution in [0.25, 0.3) is 22.0 Å². The van der Waals surface area contributed by atoms with E-state index in [1.54, 1.807) is 41.0 Å². The number of pyridine rings is 1. The Bertz CT molecular complexity index is 1620. The van der Waals surface area contributed by atoms with Gasteiger partial charge in [-0.3, -0.25) is 9.59 Å². The number of fused-ring (bicyclic) bond motifs is 2. The molecule has 2 aromatic heterocycles. The molecule has 1 aliphatic carbocycles. The number of sulfonamides is 1. The number of phenols is 1. The zero-order valence-electron chi connectivity index (χ0n) is 18.5. The summed E-state index contributed by atoms with van der Waals surface area (Å²) in [7, 11) is -3.87. The average Bonchev–Trinajstić information content (AvgIpc) is 3.35. The molecule has 34 heavy (non-hydrogen) atoms. The Labute approximate surface area is 195 Å². The second-order valence-corrected chi connectivity index (χ2v) is 10.3. The minimum Gasteiger partial charge on any atom is -0.508 e. The molecule has 0 saturated carbocycles. The van der Waals surface area contributed by atoms with E-state index in [1.165, 1.54) is 6.20 Å². The highest BCUT2D eigenvalue weighted by atomic mass is 32.2. The van der Waals surface area contributed by atoms with Crippen molar-refractivity contribution in [3.05, 3.63) is 87.5 Å². The normalized spacial score (nSPS) is 13.2. The fourth-order valence-electron chi connectivity index (χ4n) is 4.74. The van der Waals surface area contributed by atoms with Gasteiger partial charge in [0.15, 0.2) is 0 Å². The van der Waals surface area contributed by atoms with Crippen molar-refractivity contribution in [2.24, 2.45) is 0 Å². The van der Waals surface area contributed by atoms with E-state index in [0.717, 1.165) is 36.6 Å². The molecule has 174 valence electrons. The second kappa shape index (κ2) is 8.18. The van der Waals surface area contributed by atoms with Crippen LogP contribution < -0.4 is 10.3 Å². The molecule has 0 unspecified atom stereocenters. The third-order valence-corrected chi connectivity index (χ3v) is 6.73. The highest BCUT2D eigenvalue weighted by Gasteiger charge is 2.29.